The summed E-state index contributed by atoms with van der Waals surface area (Å²) in [5, 5.41) is 3.63. The van der Waals surface area contributed by atoms with Crippen LogP contribution in [0.15, 0.2) is 49.0 Å². The van der Waals surface area contributed by atoms with Crippen molar-refractivity contribution in [3.05, 3.63) is 71.3 Å². The summed E-state index contributed by atoms with van der Waals surface area (Å²) in [6.45, 7) is 11.5. The van der Waals surface area contributed by atoms with Gasteiger partial charge in [0.2, 0.25) is 0 Å². The number of nitrogens with one attached hydrogen (secondary N) is 1. The highest BCUT2D eigenvalue weighted by atomic mass is 14.9. The van der Waals surface area contributed by atoms with Gasteiger partial charge in [0.05, 0.1) is 0 Å². The third kappa shape index (κ3) is 20.5. The Labute approximate surface area is 300 Å². The van der Waals surface area contributed by atoms with Gasteiger partial charge in [-0.1, -0.05) is 200 Å². The first-order valence-corrected chi connectivity index (χ1v) is 21.4. The molecule has 0 saturated carbocycles. The van der Waals surface area contributed by atoms with Crippen molar-refractivity contribution in [2.24, 2.45) is 0 Å². The zero-order valence-corrected chi connectivity index (χ0v) is 32.5. The van der Waals surface area contributed by atoms with E-state index in [1.165, 1.54) is 198 Å². The van der Waals surface area contributed by atoms with E-state index in [1.807, 2.05) is 0 Å². The fourth-order valence-corrected chi connectivity index (χ4v) is 7.37. The van der Waals surface area contributed by atoms with Gasteiger partial charge in [0, 0.05) is 11.4 Å². The zero-order valence-electron chi connectivity index (χ0n) is 32.5. The molecule has 1 nitrogen and oxygen atoms in total. The second-order valence-electron chi connectivity index (χ2n) is 15.0. The third-order valence-corrected chi connectivity index (χ3v) is 10.5. The van der Waals surface area contributed by atoms with Gasteiger partial charge in [-0.05, 0) is 85.0 Å². The van der Waals surface area contributed by atoms with Crippen molar-refractivity contribution in [3.63, 3.8) is 0 Å². The lowest BCUT2D eigenvalue weighted by Gasteiger charge is -2.20. The molecule has 0 fully saturated rings. The van der Waals surface area contributed by atoms with Crippen LogP contribution >= 0.6 is 0 Å². The molecule has 0 aliphatic rings. The highest BCUT2D eigenvalue weighted by Gasteiger charge is 2.13. The van der Waals surface area contributed by atoms with Crippen LogP contribution in [0.2, 0.25) is 0 Å². The molecule has 0 radical (unpaired) electrons. The molecule has 1 N–H and O–H groups in total. The Morgan fingerprint density at radius 1 is 0.438 bits per heavy atom. The van der Waals surface area contributed by atoms with Gasteiger partial charge in [-0.25, -0.2) is 0 Å². The Morgan fingerprint density at radius 2 is 0.771 bits per heavy atom. The summed E-state index contributed by atoms with van der Waals surface area (Å²) in [6.07, 6.45) is 41.3. The van der Waals surface area contributed by atoms with Gasteiger partial charge >= 0.3 is 0 Å². The Kier molecular flexibility index (Phi) is 26.2. The second-order valence-corrected chi connectivity index (χ2v) is 15.0. The van der Waals surface area contributed by atoms with Crippen LogP contribution in [0, 0.1) is 0 Å². The van der Waals surface area contributed by atoms with Crippen LogP contribution in [0.5, 0.6) is 0 Å². The van der Waals surface area contributed by atoms with Gasteiger partial charge in [0.25, 0.3) is 0 Å². The Bertz CT molecular complexity index is 978. The lowest BCUT2D eigenvalue weighted by atomic mass is 9.87. The highest BCUT2D eigenvalue weighted by molar-refractivity contribution is 5.76. The first-order valence-electron chi connectivity index (χ1n) is 21.4. The fraction of sp³-hybridized carbons (Fsp3) is 0.702. The van der Waals surface area contributed by atoms with Crippen molar-refractivity contribution in [3.8, 4) is 0 Å². The number of unbranched alkanes of at least 4 members (excludes halogenated alkanes) is 24. The zero-order chi connectivity index (χ0) is 34.3. The summed E-state index contributed by atoms with van der Waals surface area (Å²) < 4.78 is 0. The van der Waals surface area contributed by atoms with Crippen LogP contribution in [-0.4, -0.2) is 0 Å². The van der Waals surface area contributed by atoms with E-state index in [2.05, 4.69) is 75.1 Å². The van der Waals surface area contributed by atoms with Crippen molar-refractivity contribution in [2.75, 3.05) is 5.32 Å². The van der Waals surface area contributed by atoms with E-state index in [0.29, 0.717) is 0 Å². The number of hydrogen-bond acceptors (Lipinski definition) is 1. The molecule has 0 aliphatic carbocycles. The summed E-state index contributed by atoms with van der Waals surface area (Å²) >= 11 is 0. The molecule has 0 spiro atoms. The average Bonchev–Trinajstić information content (AvgIpc) is 3.10. The molecule has 0 heterocycles. The second kappa shape index (κ2) is 29.9. The van der Waals surface area contributed by atoms with Crippen LogP contribution in [-0.2, 0) is 19.3 Å². The van der Waals surface area contributed by atoms with E-state index in [4.69, 9.17) is 0 Å². The number of hydrogen-bond donors (Lipinski definition) is 1. The standard InChI is InChI=1S/C47H79N/c1-5-8-11-14-17-20-23-26-30-35-43-40-45(42(4)48-46-37-32-29-33-38-46)41-44(36-31-27-24-21-18-15-12-9-6-2)47(43)39-34-28-25-22-19-16-13-10-7-3/h29,32-33,37-38,40-41,48H,4-28,30-31,34-36,39H2,1-3H3. The lowest BCUT2D eigenvalue weighted by molar-refractivity contribution is 0.558. The van der Waals surface area contributed by atoms with Crippen molar-refractivity contribution >= 4 is 11.4 Å². The molecule has 272 valence electrons. The first kappa shape index (κ1) is 42.1. The van der Waals surface area contributed by atoms with Gasteiger partial charge in [-0.15, -0.1) is 0 Å². The van der Waals surface area contributed by atoms with Crippen molar-refractivity contribution in [2.45, 2.75) is 213 Å². The Morgan fingerprint density at radius 3 is 1.15 bits per heavy atom. The number of para-hydroxylation sites is 1. The van der Waals surface area contributed by atoms with Crippen LogP contribution in [0.3, 0.4) is 0 Å². The molecule has 2 aromatic rings. The Hall–Kier alpha value is -2.02. The predicted octanol–water partition coefficient (Wildman–Crippen LogP) is 16.0. The molecule has 2 aromatic carbocycles. The van der Waals surface area contributed by atoms with Gasteiger partial charge in [0.15, 0.2) is 0 Å². The molecule has 2 rings (SSSR count). The van der Waals surface area contributed by atoms with Crippen LogP contribution in [0.1, 0.15) is 216 Å². The minimum absolute atomic E-state index is 1.04. The molecule has 1 heteroatoms. The van der Waals surface area contributed by atoms with Gasteiger partial charge < -0.3 is 5.32 Å². The summed E-state index contributed by atoms with van der Waals surface area (Å²) in [5.41, 5.74) is 8.41. The van der Waals surface area contributed by atoms with Gasteiger partial charge in [0.1, 0.15) is 0 Å². The van der Waals surface area contributed by atoms with Crippen LogP contribution < -0.4 is 5.32 Å². The molecule has 0 unspecified atom stereocenters. The lowest BCUT2D eigenvalue weighted by Crippen LogP contribution is -2.06. The van der Waals surface area contributed by atoms with E-state index in [-0.39, 0.29) is 0 Å². The molecule has 48 heavy (non-hydrogen) atoms. The van der Waals surface area contributed by atoms with E-state index in [1.54, 1.807) is 16.7 Å². The van der Waals surface area contributed by atoms with E-state index in [9.17, 15) is 0 Å². The molecular formula is C47H79N. The maximum Gasteiger partial charge on any atom is 0.0385 e. The van der Waals surface area contributed by atoms with Gasteiger partial charge in [-0.3, -0.25) is 0 Å². The topological polar surface area (TPSA) is 12.0 Å². The number of aryl methyl sites for hydroxylation is 2. The van der Waals surface area contributed by atoms with Crippen LogP contribution in [0.4, 0.5) is 5.69 Å². The fourth-order valence-electron chi connectivity index (χ4n) is 7.37. The minimum atomic E-state index is 1.04. The SMILES string of the molecule is C=C(Nc1ccccc1)c1cc(CCCCCCCCCCC)c(CCCCCCCCCCC)c(CCCCCCCCCCC)c1. The van der Waals surface area contributed by atoms with Crippen molar-refractivity contribution in [1.82, 2.24) is 0 Å². The quantitative estimate of drug-likeness (QED) is 0.0753. The molecule has 0 amide bonds. The summed E-state index contributed by atoms with van der Waals surface area (Å²) in [6, 6.07) is 15.6. The molecule has 0 bridgehead atoms. The maximum atomic E-state index is 4.55. The predicted molar refractivity (Wildman–Crippen MR) is 218 cm³/mol. The first-order chi connectivity index (χ1) is 23.7. The number of benzene rings is 2. The minimum Gasteiger partial charge on any atom is -0.356 e. The smallest absolute Gasteiger partial charge is 0.0385 e. The number of rotatable bonds is 33. The van der Waals surface area contributed by atoms with Crippen molar-refractivity contribution in [1.29, 1.82) is 0 Å². The molecule has 0 atom stereocenters. The highest BCUT2D eigenvalue weighted by Crippen LogP contribution is 2.29. The summed E-state index contributed by atoms with van der Waals surface area (Å²) in [5.74, 6) is 0. The van der Waals surface area contributed by atoms with E-state index >= 15 is 0 Å². The number of anilines is 1. The Balaban J connectivity index is 2.09. The molecule has 0 aliphatic heterocycles. The molecule has 0 saturated heterocycles. The normalized spacial score (nSPS) is 11.3. The maximum absolute atomic E-state index is 4.55. The van der Waals surface area contributed by atoms with Crippen molar-refractivity contribution < 1.29 is 0 Å². The van der Waals surface area contributed by atoms with E-state index in [0.717, 1.165) is 11.4 Å². The largest absolute Gasteiger partial charge is 0.356 e. The summed E-state index contributed by atoms with van der Waals surface area (Å²) in [4.78, 5) is 0. The average molecular weight is 658 g/mol. The summed E-state index contributed by atoms with van der Waals surface area (Å²) in [7, 11) is 0. The monoisotopic (exact) mass is 658 g/mol. The van der Waals surface area contributed by atoms with Crippen LogP contribution in [0.25, 0.3) is 5.70 Å². The molecule has 0 aromatic heterocycles. The third-order valence-electron chi connectivity index (χ3n) is 10.5. The molecular weight excluding hydrogens is 579 g/mol. The van der Waals surface area contributed by atoms with E-state index < -0.39 is 0 Å². The van der Waals surface area contributed by atoms with Gasteiger partial charge in [-0.2, -0.15) is 0 Å².